The summed E-state index contributed by atoms with van der Waals surface area (Å²) >= 11 is 13.9. The maximum atomic E-state index is 6.16. The largest absolute Gasteiger partial charge is 0.237 e. The van der Waals surface area contributed by atoms with Crippen LogP contribution >= 0.6 is 35.0 Å². The maximum Gasteiger partial charge on any atom is 0.140 e. The first-order valence-electron chi connectivity index (χ1n) is 6.01. The lowest BCUT2D eigenvalue weighted by Crippen LogP contribution is -2.01. The molecule has 0 saturated heterocycles. The van der Waals surface area contributed by atoms with E-state index in [0.29, 0.717) is 10.9 Å². The average molecular weight is 313 g/mol. The predicted molar refractivity (Wildman–Crippen MR) is 82.2 cm³/mol. The highest BCUT2D eigenvalue weighted by Crippen LogP contribution is 2.29. The van der Waals surface area contributed by atoms with Crippen molar-refractivity contribution in [2.45, 2.75) is 30.9 Å². The third-order valence-electron chi connectivity index (χ3n) is 2.76. The van der Waals surface area contributed by atoms with E-state index < -0.39 is 0 Å². The van der Waals surface area contributed by atoms with Crippen molar-refractivity contribution in [2.24, 2.45) is 0 Å². The minimum absolute atomic E-state index is 0.560. The van der Waals surface area contributed by atoms with Crippen molar-refractivity contribution in [3.63, 3.8) is 0 Å². The second kappa shape index (κ2) is 6.60. The summed E-state index contributed by atoms with van der Waals surface area (Å²) in [6.45, 7) is 4.02. The van der Waals surface area contributed by atoms with E-state index in [1.165, 1.54) is 0 Å². The van der Waals surface area contributed by atoms with E-state index in [0.717, 1.165) is 33.4 Å². The van der Waals surface area contributed by atoms with Gasteiger partial charge in [-0.2, -0.15) is 0 Å². The van der Waals surface area contributed by atoms with Crippen LogP contribution in [0.2, 0.25) is 10.2 Å². The Kier molecular flexibility index (Phi) is 5.08. The molecule has 0 bridgehead atoms. The molecule has 5 heteroatoms. The zero-order valence-electron chi connectivity index (χ0n) is 10.8. The fraction of sp³-hybridized carbons (Fsp3) is 0.286. The number of hydrogen-bond donors (Lipinski definition) is 0. The van der Waals surface area contributed by atoms with Crippen molar-refractivity contribution < 1.29 is 0 Å². The van der Waals surface area contributed by atoms with E-state index in [-0.39, 0.29) is 0 Å². The van der Waals surface area contributed by atoms with Crippen LogP contribution in [0.25, 0.3) is 0 Å². The molecule has 2 aromatic rings. The second-order valence-electron chi connectivity index (χ2n) is 4.07. The van der Waals surface area contributed by atoms with Gasteiger partial charge < -0.3 is 0 Å². The molecular formula is C14H14Cl2N2S. The van der Waals surface area contributed by atoms with E-state index in [1.54, 1.807) is 11.8 Å². The van der Waals surface area contributed by atoms with Gasteiger partial charge in [-0.05, 0) is 25.5 Å². The van der Waals surface area contributed by atoms with Gasteiger partial charge in [0.2, 0.25) is 0 Å². The number of rotatable bonds is 4. The van der Waals surface area contributed by atoms with Crippen molar-refractivity contribution in [1.29, 1.82) is 0 Å². The fourth-order valence-electron chi connectivity index (χ4n) is 1.79. The Morgan fingerprint density at radius 3 is 2.53 bits per heavy atom. The Balaban J connectivity index is 2.15. The number of thioether (sulfide) groups is 1. The molecule has 0 radical (unpaired) electrons. The third-order valence-corrected chi connectivity index (χ3v) is 4.58. The SMILES string of the molecule is CCc1c(C)nc(CSc2ccccc2Cl)nc1Cl. The molecule has 0 N–H and O–H groups in total. The molecule has 100 valence electrons. The molecule has 1 aromatic heterocycles. The number of benzene rings is 1. The summed E-state index contributed by atoms with van der Waals surface area (Å²) in [5.41, 5.74) is 1.98. The molecule has 0 saturated carbocycles. The van der Waals surface area contributed by atoms with Crippen LogP contribution in [0, 0.1) is 6.92 Å². The molecule has 1 heterocycles. The van der Waals surface area contributed by atoms with Crippen LogP contribution in [-0.2, 0) is 12.2 Å². The van der Waals surface area contributed by atoms with Gasteiger partial charge in [0.05, 0.1) is 10.8 Å². The first kappa shape index (κ1) is 14.6. The van der Waals surface area contributed by atoms with E-state index >= 15 is 0 Å². The highest BCUT2D eigenvalue weighted by atomic mass is 35.5. The second-order valence-corrected chi connectivity index (χ2v) is 5.85. The number of aromatic nitrogens is 2. The Morgan fingerprint density at radius 2 is 1.89 bits per heavy atom. The highest BCUT2D eigenvalue weighted by molar-refractivity contribution is 7.98. The van der Waals surface area contributed by atoms with Gasteiger partial charge in [-0.3, -0.25) is 0 Å². The standard InChI is InChI=1S/C14H14Cl2N2S/c1-3-10-9(2)17-13(18-14(10)16)8-19-12-7-5-4-6-11(12)15/h4-7H,3,8H2,1-2H3. The number of halogens is 2. The van der Waals surface area contributed by atoms with Gasteiger partial charge in [-0.25, -0.2) is 9.97 Å². The van der Waals surface area contributed by atoms with Gasteiger partial charge in [0.1, 0.15) is 11.0 Å². The van der Waals surface area contributed by atoms with Gasteiger partial charge >= 0.3 is 0 Å². The quantitative estimate of drug-likeness (QED) is 0.590. The van der Waals surface area contributed by atoms with Gasteiger partial charge in [-0.1, -0.05) is 42.3 Å². The Hall–Kier alpha value is -0.770. The van der Waals surface area contributed by atoms with Crippen LogP contribution in [0.3, 0.4) is 0 Å². The zero-order valence-corrected chi connectivity index (χ0v) is 13.1. The van der Waals surface area contributed by atoms with Crippen molar-refractivity contribution in [1.82, 2.24) is 9.97 Å². The van der Waals surface area contributed by atoms with Crippen molar-refractivity contribution >= 4 is 35.0 Å². The molecule has 0 aliphatic rings. The molecular weight excluding hydrogens is 299 g/mol. The van der Waals surface area contributed by atoms with Crippen LogP contribution in [0.4, 0.5) is 0 Å². The maximum absolute atomic E-state index is 6.16. The Labute approximate surface area is 127 Å². The van der Waals surface area contributed by atoms with E-state index in [9.17, 15) is 0 Å². The Bertz CT molecular complexity index is 564. The van der Waals surface area contributed by atoms with Gasteiger partial charge in [-0.15, -0.1) is 11.8 Å². The Morgan fingerprint density at radius 1 is 1.16 bits per heavy atom. The zero-order chi connectivity index (χ0) is 13.8. The topological polar surface area (TPSA) is 25.8 Å². The van der Waals surface area contributed by atoms with Crippen molar-refractivity contribution in [2.75, 3.05) is 0 Å². The smallest absolute Gasteiger partial charge is 0.140 e. The number of nitrogens with zero attached hydrogens (tertiary/aromatic N) is 2. The molecule has 0 fully saturated rings. The first-order valence-corrected chi connectivity index (χ1v) is 7.75. The third kappa shape index (κ3) is 3.62. The van der Waals surface area contributed by atoms with E-state index in [1.807, 2.05) is 31.2 Å². The van der Waals surface area contributed by atoms with E-state index in [4.69, 9.17) is 23.2 Å². The molecule has 0 aliphatic carbocycles. The van der Waals surface area contributed by atoms with Crippen LogP contribution < -0.4 is 0 Å². The average Bonchev–Trinajstić information content (AvgIpc) is 2.37. The van der Waals surface area contributed by atoms with Gasteiger partial charge in [0.15, 0.2) is 0 Å². The summed E-state index contributed by atoms with van der Waals surface area (Å²) in [5.74, 6) is 1.40. The minimum Gasteiger partial charge on any atom is -0.237 e. The minimum atomic E-state index is 0.560. The van der Waals surface area contributed by atoms with Crippen LogP contribution in [0.5, 0.6) is 0 Å². The summed E-state index contributed by atoms with van der Waals surface area (Å²) in [5, 5.41) is 1.31. The lowest BCUT2D eigenvalue weighted by atomic mass is 10.2. The van der Waals surface area contributed by atoms with Crippen molar-refractivity contribution in [3.8, 4) is 0 Å². The monoisotopic (exact) mass is 312 g/mol. The normalized spacial score (nSPS) is 10.7. The fourth-order valence-corrected chi connectivity index (χ4v) is 3.25. The van der Waals surface area contributed by atoms with Crippen molar-refractivity contribution in [3.05, 3.63) is 51.5 Å². The molecule has 0 spiro atoms. The molecule has 19 heavy (non-hydrogen) atoms. The molecule has 2 rings (SSSR count). The van der Waals surface area contributed by atoms with Crippen LogP contribution in [0.15, 0.2) is 29.2 Å². The number of aryl methyl sites for hydroxylation is 1. The molecule has 0 amide bonds. The molecule has 0 atom stereocenters. The summed E-state index contributed by atoms with van der Waals surface area (Å²) in [6, 6.07) is 7.75. The van der Waals surface area contributed by atoms with Crippen LogP contribution in [-0.4, -0.2) is 9.97 Å². The van der Waals surface area contributed by atoms with Gasteiger partial charge in [0.25, 0.3) is 0 Å². The summed E-state index contributed by atoms with van der Waals surface area (Å²) < 4.78 is 0. The summed E-state index contributed by atoms with van der Waals surface area (Å²) in [4.78, 5) is 9.86. The molecule has 0 aliphatic heterocycles. The summed E-state index contributed by atoms with van der Waals surface area (Å²) in [6.07, 6.45) is 0.850. The first-order chi connectivity index (χ1) is 9.11. The summed E-state index contributed by atoms with van der Waals surface area (Å²) in [7, 11) is 0. The van der Waals surface area contributed by atoms with E-state index in [2.05, 4.69) is 16.9 Å². The highest BCUT2D eigenvalue weighted by Gasteiger charge is 2.09. The lowest BCUT2D eigenvalue weighted by molar-refractivity contribution is 0.938. The lowest BCUT2D eigenvalue weighted by Gasteiger charge is -2.08. The van der Waals surface area contributed by atoms with Crippen LogP contribution in [0.1, 0.15) is 24.0 Å². The molecule has 2 nitrogen and oxygen atoms in total. The number of hydrogen-bond acceptors (Lipinski definition) is 3. The molecule has 0 unspecified atom stereocenters. The molecule has 1 aromatic carbocycles. The predicted octanol–water partition coefficient (Wildman–Crippen LogP) is 4.95. The van der Waals surface area contributed by atoms with Gasteiger partial charge in [0, 0.05) is 16.2 Å².